The van der Waals surface area contributed by atoms with E-state index in [2.05, 4.69) is 4.98 Å². The average Bonchev–Trinajstić information content (AvgIpc) is 3.45. The number of carbonyl (C=O) groups is 2. The number of aliphatic hydroxyl groups is 1. The van der Waals surface area contributed by atoms with Gasteiger partial charge in [-0.2, -0.15) is 0 Å². The maximum atomic E-state index is 13.6. The zero-order valence-electron chi connectivity index (χ0n) is 20.6. The molecule has 2 heterocycles. The predicted octanol–water partition coefficient (Wildman–Crippen LogP) is 5.26. The second-order valence-electron chi connectivity index (χ2n) is 8.48. The van der Waals surface area contributed by atoms with Gasteiger partial charge in [-0.25, -0.2) is 4.98 Å². The minimum atomic E-state index is -1.02. The van der Waals surface area contributed by atoms with Gasteiger partial charge in [-0.1, -0.05) is 29.5 Å². The quantitative estimate of drug-likeness (QED) is 0.212. The summed E-state index contributed by atoms with van der Waals surface area (Å²) >= 11 is 1.30. The lowest BCUT2D eigenvalue weighted by Crippen LogP contribution is -2.29. The molecule has 1 aromatic heterocycles. The number of hydrogen-bond acceptors (Lipinski definition) is 8. The Labute approximate surface area is 217 Å². The first-order valence-corrected chi connectivity index (χ1v) is 12.2. The van der Waals surface area contributed by atoms with E-state index in [1.165, 1.54) is 37.6 Å². The summed E-state index contributed by atoms with van der Waals surface area (Å²) in [5.74, 6) is -0.531. The summed E-state index contributed by atoms with van der Waals surface area (Å²) in [5, 5.41) is 11.8. The topological polar surface area (TPSA) is 98.2 Å². The van der Waals surface area contributed by atoms with Gasteiger partial charge < -0.3 is 19.3 Å². The van der Waals surface area contributed by atoms with E-state index in [-0.39, 0.29) is 11.3 Å². The number of ether oxygens (including phenoxy) is 3. The van der Waals surface area contributed by atoms with Gasteiger partial charge in [0.1, 0.15) is 29.0 Å². The number of Topliss-reactive ketones (excluding diaryl/α,β-unsaturated/α-hetero) is 1. The number of carbonyl (C=O) groups excluding carboxylic acids is 2. The van der Waals surface area contributed by atoms with Gasteiger partial charge in [0.25, 0.3) is 5.78 Å². The monoisotopic (exact) mass is 516 g/mol. The molecule has 4 aromatic rings. The number of methoxy groups -OCH3 is 3. The molecular weight excluding hydrogens is 492 g/mol. The summed E-state index contributed by atoms with van der Waals surface area (Å²) in [7, 11) is 4.53. The molecule has 188 valence electrons. The van der Waals surface area contributed by atoms with Crippen molar-refractivity contribution in [3.63, 3.8) is 0 Å². The normalized spacial score (nSPS) is 16.9. The van der Waals surface area contributed by atoms with Crippen molar-refractivity contribution in [2.24, 2.45) is 0 Å². The Bertz CT molecular complexity index is 1570. The Morgan fingerprint density at radius 3 is 2.43 bits per heavy atom. The molecule has 9 heteroatoms. The van der Waals surface area contributed by atoms with E-state index in [0.29, 0.717) is 39.0 Å². The summed E-state index contributed by atoms with van der Waals surface area (Å²) < 4.78 is 17.2. The number of anilines is 1. The Morgan fingerprint density at radius 2 is 1.70 bits per heavy atom. The number of benzene rings is 3. The van der Waals surface area contributed by atoms with Crippen molar-refractivity contribution in [3.8, 4) is 17.2 Å². The second kappa shape index (κ2) is 9.59. The average molecular weight is 517 g/mol. The molecular formula is C28H24N2O6S. The van der Waals surface area contributed by atoms with Crippen LogP contribution < -0.4 is 19.1 Å². The van der Waals surface area contributed by atoms with Gasteiger partial charge in [0.2, 0.25) is 0 Å². The van der Waals surface area contributed by atoms with Gasteiger partial charge in [-0.15, -0.1) is 0 Å². The van der Waals surface area contributed by atoms with Gasteiger partial charge in [0, 0.05) is 11.1 Å². The third-order valence-electron chi connectivity index (χ3n) is 6.26. The van der Waals surface area contributed by atoms with E-state index in [4.69, 9.17) is 14.2 Å². The smallest absolute Gasteiger partial charge is 0.301 e. The summed E-state index contributed by atoms with van der Waals surface area (Å²) in [5.41, 5.74) is 2.48. The van der Waals surface area contributed by atoms with Crippen LogP contribution in [0.3, 0.4) is 0 Å². The third-order valence-corrected chi connectivity index (χ3v) is 7.28. The minimum absolute atomic E-state index is 0.0831. The van der Waals surface area contributed by atoms with Gasteiger partial charge in [-0.3, -0.25) is 14.5 Å². The highest BCUT2D eigenvalue weighted by molar-refractivity contribution is 7.22. The molecule has 1 atom stereocenters. The maximum absolute atomic E-state index is 13.6. The van der Waals surface area contributed by atoms with Crippen molar-refractivity contribution in [2.75, 3.05) is 26.2 Å². The first-order valence-electron chi connectivity index (χ1n) is 11.4. The van der Waals surface area contributed by atoms with Crippen molar-refractivity contribution < 1.29 is 28.9 Å². The van der Waals surface area contributed by atoms with Crippen LogP contribution in [0.1, 0.15) is 22.7 Å². The van der Waals surface area contributed by atoms with Crippen molar-refractivity contribution in [1.82, 2.24) is 4.98 Å². The van der Waals surface area contributed by atoms with Crippen LogP contribution in [0.2, 0.25) is 0 Å². The van der Waals surface area contributed by atoms with E-state index in [0.717, 1.165) is 10.3 Å². The largest absolute Gasteiger partial charge is 0.507 e. The van der Waals surface area contributed by atoms with E-state index in [1.54, 1.807) is 42.5 Å². The summed E-state index contributed by atoms with van der Waals surface area (Å²) in [4.78, 5) is 33.1. The van der Waals surface area contributed by atoms with E-state index < -0.39 is 17.7 Å². The Morgan fingerprint density at radius 1 is 0.946 bits per heavy atom. The molecule has 8 nitrogen and oxygen atoms in total. The Balaban J connectivity index is 1.79. The van der Waals surface area contributed by atoms with Crippen LogP contribution in [0.25, 0.3) is 16.0 Å². The molecule has 1 aliphatic heterocycles. The maximum Gasteiger partial charge on any atom is 0.301 e. The van der Waals surface area contributed by atoms with Crippen LogP contribution in [0.15, 0.2) is 66.2 Å². The zero-order valence-corrected chi connectivity index (χ0v) is 21.5. The molecule has 0 bridgehead atoms. The number of nitrogens with zero attached hydrogens (tertiary/aromatic N) is 2. The molecule has 3 aromatic carbocycles. The van der Waals surface area contributed by atoms with Gasteiger partial charge in [0.15, 0.2) is 5.13 Å². The highest BCUT2D eigenvalue weighted by Gasteiger charge is 2.49. The van der Waals surface area contributed by atoms with Gasteiger partial charge in [-0.05, 0) is 55.0 Å². The van der Waals surface area contributed by atoms with Gasteiger partial charge >= 0.3 is 5.91 Å². The Hall–Kier alpha value is -4.37. The number of fused-ring (bicyclic) bond motifs is 1. The highest BCUT2D eigenvalue weighted by atomic mass is 32.1. The fourth-order valence-electron chi connectivity index (χ4n) is 4.43. The number of rotatable bonds is 6. The van der Waals surface area contributed by atoms with Crippen LogP contribution in [-0.2, 0) is 9.59 Å². The van der Waals surface area contributed by atoms with E-state index >= 15 is 0 Å². The van der Waals surface area contributed by atoms with E-state index in [1.807, 2.05) is 25.1 Å². The standard InChI is InChI=1S/C28H24N2O6S/c1-15-8-10-20-22(12-15)37-28(29-20)30-24(19-14-18(35-3)9-11-21(19)36-4)23(26(32)27(30)33)25(31)16-6-5-7-17(13-16)34-2/h5-14,24,31H,1-4H3/b25-23+/t24-/m0/s1. The van der Waals surface area contributed by atoms with Crippen molar-refractivity contribution >= 4 is 44.1 Å². The lowest BCUT2D eigenvalue weighted by Gasteiger charge is -2.25. The molecule has 0 radical (unpaired) electrons. The van der Waals surface area contributed by atoms with Crippen molar-refractivity contribution in [2.45, 2.75) is 13.0 Å². The predicted molar refractivity (Wildman–Crippen MR) is 142 cm³/mol. The van der Waals surface area contributed by atoms with Crippen LogP contribution >= 0.6 is 11.3 Å². The van der Waals surface area contributed by atoms with E-state index in [9.17, 15) is 14.7 Å². The van der Waals surface area contributed by atoms with Crippen LogP contribution in [0.4, 0.5) is 5.13 Å². The molecule has 1 aliphatic rings. The molecule has 37 heavy (non-hydrogen) atoms. The number of aryl methyl sites for hydroxylation is 1. The van der Waals surface area contributed by atoms with Crippen LogP contribution in [0.5, 0.6) is 17.2 Å². The highest BCUT2D eigenvalue weighted by Crippen LogP contribution is 2.47. The number of amides is 1. The van der Waals surface area contributed by atoms with Crippen molar-refractivity contribution in [3.05, 3.63) is 82.9 Å². The summed E-state index contributed by atoms with van der Waals surface area (Å²) in [6, 6.07) is 16.5. The summed E-state index contributed by atoms with van der Waals surface area (Å²) in [6.45, 7) is 1.97. The number of aromatic nitrogens is 1. The number of aliphatic hydroxyl groups excluding tert-OH is 1. The molecule has 1 saturated heterocycles. The zero-order chi connectivity index (χ0) is 26.3. The molecule has 0 spiro atoms. The molecule has 1 fully saturated rings. The van der Waals surface area contributed by atoms with Gasteiger partial charge in [0.05, 0.1) is 37.1 Å². The number of ketones is 1. The molecule has 5 rings (SSSR count). The van der Waals surface area contributed by atoms with Crippen molar-refractivity contribution in [1.29, 1.82) is 0 Å². The molecule has 0 unspecified atom stereocenters. The lowest BCUT2D eigenvalue weighted by atomic mass is 9.94. The fourth-order valence-corrected chi connectivity index (χ4v) is 5.52. The van der Waals surface area contributed by atoms with Crippen LogP contribution in [-0.4, -0.2) is 43.1 Å². The fraction of sp³-hybridized carbons (Fsp3) is 0.179. The molecule has 1 amide bonds. The summed E-state index contributed by atoms with van der Waals surface area (Å²) in [6.07, 6.45) is 0. The molecule has 0 saturated carbocycles. The number of hydrogen-bond donors (Lipinski definition) is 1. The minimum Gasteiger partial charge on any atom is -0.507 e. The third kappa shape index (κ3) is 4.17. The molecule has 0 aliphatic carbocycles. The SMILES string of the molecule is COc1cccc(/C(O)=C2\C(=O)C(=O)N(c3nc4ccc(C)cc4s3)[C@H]2c2cc(OC)ccc2OC)c1. The molecule has 1 N–H and O–H groups in total. The Kier molecular flexibility index (Phi) is 6.31. The second-order valence-corrected chi connectivity index (χ2v) is 9.49. The first-order chi connectivity index (χ1) is 17.9. The number of thiazole rings is 1. The lowest BCUT2D eigenvalue weighted by molar-refractivity contribution is -0.132. The first kappa shape index (κ1) is 24.3. The van der Waals surface area contributed by atoms with Crippen LogP contribution in [0, 0.1) is 6.92 Å².